The first-order chi connectivity index (χ1) is 12.7. The smallest absolute Gasteiger partial charge is 0.298 e. The molecule has 1 atom stereocenters. The number of nitrogens with zero attached hydrogens (tertiary/aromatic N) is 4. The van der Waals surface area contributed by atoms with Crippen molar-refractivity contribution < 1.29 is 27.3 Å². The van der Waals surface area contributed by atoms with Crippen LogP contribution in [0, 0.1) is 10.1 Å². The third-order valence-corrected chi connectivity index (χ3v) is 3.69. The summed E-state index contributed by atoms with van der Waals surface area (Å²) >= 11 is 0. The molecule has 27 heavy (non-hydrogen) atoms. The summed E-state index contributed by atoms with van der Waals surface area (Å²) < 4.78 is 53.1. The summed E-state index contributed by atoms with van der Waals surface area (Å²) in [6.45, 7) is -1.76. The Balaban J connectivity index is 2.26. The number of non-ortho nitro benzene ring substituents is 1. The molecular formula is C16H10F4N4O3. The van der Waals surface area contributed by atoms with Crippen LogP contribution in [-0.4, -0.2) is 40.5 Å². The Morgan fingerprint density at radius 2 is 1.96 bits per heavy atom. The van der Waals surface area contributed by atoms with Crippen LogP contribution in [0.25, 0.3) is 0 Å². The summed E-state index contributed by atoms with van der Waals surface area (Å²) in [4.78, 5) is 30.2. The van der Waals surface area contributed by atoms with Gasteiger partial charge < -0.3 is 0 Å². The minimum Gasteiger partial charge on any atom is -0.298 e. The second-order valence-electron chi connectivity index (χ2n) is 5.53. The zero-order chi connectivity index (χ0) is 19.8. The van der Waals surface area contributed by atoms with Crippen molar-refractivity contribution in [2.45, 2.75) is 12.5 Å². The van der Waals surface area contributed by atoms with E-state index in [1.54, 1.807) is 6.07 Å². The third-order valence-electron chi connectivity index (χ3n) is 3.69. The second-order valence-corrected chi connectivity index (χ2v) is 5.53. The number of alkyl halides is 4. The van der Waals surface area contributed by atoms with Crippen molar-refractivity contribution in [3.8, 4) is 0 Å². The molecule has 1 aromatic heterocycles. The van der Waals surface area contributed by atoms with Gasteiger partial charge in [-0.05, 0) is 18.2 Å². The highest BCUT2D eigenvalue weighted by Gasteiger charge is 2.40. The predicted molar refractivity (Wildman–Crippen MR) is 86.3 cm³/mol. The number of amides is 1. The Morgan fingerprint density at radius 1 is 1.22 bits per heavy atom. The van der Waals surface area contributed by atoms with E-state index in [1.165, 1.54) is 18.3 Å². The van der Waals surface area contributed by atoms with Crippen LogP contribution in [0.2, 0.25) is 0 Å². The number of rotatable bonds is 3. The summed E-state index contributed by atoms with van der Waals surface area (Å²) in [5.41, 5.74) is -1.18. The SMILES string of the molecule is O=C1C(F)N=C(c2ccccn2)c2cc([N+](=O)[O-])ccc2N1CC(F)(F)F. The van der Waals surface area contributed by atoms with E-state index < -0.39 is 35.5 Å². The van der Waals surface area contributed by atoms with Crippen molar-refractivity contribution in [2.24, 2.45) is 4.99 Å². The predicted octanol–water partition coefficient (Wildman–Crippen LogP) is 3.03. The number of pyridine rings is 1. The standard InChI is InChI=1S/C16H10F4N4O3/c17-14-15(25)23(8-16(18,19)20)12-5-4-9(24(26)27)7-10(12)13(22-14)11-3-1-2-6-21-11/h1-7,14H,8H2. The Bertz CT molecular complexity index is 931. The number of aromatic nitrogens is 1. The van der Waals surface area contributed by atoms with Gasteiger partial charge >= 0.3 is 6.18 Å². The van der Waals surface area contributed by atoms with Gasteiger partial charge in [0.25, 0.3) is 17.9 Å². The quantitative estimate of drug-likeness (QED) is 0.353. The fraction of sp³-hybridized carbons (Fsp3) is 0.188. The van der Waals surface area contributed by atoms with Gasteiger partial charge in [0.2, 0.25) is 0 Å². The van der Waals surface area contributed by atoms with E-state index in [-0.39, 0.29) is 27.6 Å². The zero-order valence-corrected chi connectivity index (χ0v) is 13.4. The number of carbonyl (C=O) groups excluding carboxylic acids is 1. The van der Waals surface area contributed by atoms with Crippen LogP contribution in [0.4, 0.5) is 28.9 Å². The Labute approximate surface area is 149 Å². The van der Waals surface area contributed by atoms with Crippen LogP contribution in [0.1, 0.15) is 11.3 Å². The molecule has 1 aliphatic rings. The maximum absolute atomic E-state index is 14.3. The first-order valence-corrected chi connectivity index (χ1v) is 7.47. The molecule has 0 bridgehead atoms. The van der Waals surface area contributed by atoms with Gasteiger partial charge in [-0.25, -0.2) is 9.38 Å². The summed E-state index contributed by atoms with van der Waals surface area (Å²) in [7, 11) is 0. The van der Waals surface area contributed by atoms with Gasteiger partial charge in [-0.2, -0.15) is 13.2 Å². The van der Waals surface area contributed by atoms with Crippen LogP contribution in [0.5, 0.6) is 0 Å². The number of anilines is 1. The highest BCUT2D eigenvalue weighted by molar-refractivity contribution is 6.19. The topological polar surface area (TPSA) is 88.7 Å². The number of carbonyl (C=O) groups is 1. The van der Waals surface area contributed by atoms with Crippen molar-refractivity contribution in [2.75, 3.05) is 11.4 Å². The van der Waals surface area contributed by atoms with Gasteiger partial charge in [0.1, 0.15) is 6.54 Å². The van der Waals surface area contributed by atoms with Gasteiger partial charge in [-0.3, -0.25) is 24.8 Å². The number of hydrogen-bond acceptors (Lipinski definition) is 5. The zero-order valence-electron chi connectivity index (χ0n) is 13.4. The van der Waals surface area contributed by atoms with E-state index in [0.717, 1.165) is 18.2 Å². The van der Waals surface area contributed by atoms with E-state index in [1.807, 2.05) is 0 Å². The molecule has 2 aromatic rings. The molecule has 0 aliphatic carbocycles. The normalized spacial score (nSPS) is 17.2. The molecule has 2 heterocycles. The molecular weight excluding hydrogens is 372 g/mol. The Hall–Kier alpha value is -3.37. The lowest BCUT2D eigenvalue weighted by molar-refractivity contribution is -0.384. The minimum atomic E-state index is -4.82. The number of nitro groups is 1. The molecule has 0 saturated carbocycles. The number of nitro benzene ring substituents is 1. The molecule has 0 N–H and O–H groups in total. The van der Waals surface area contributed by atoms with E-state index in [2.05, 4.69) is 9.98 Å². The molecule has 0 radical (unpaired) electrons. The summed E-state index contributed by atoms with van der Waals surface area (Å²) in [6, 6.07) is 7.31. The molecule has 1 unspecified atom stereocenters. The van der Waals surface area contributed by atoms with Crippen molar-refractivity contribution in [3.05, 3.63) is 64.0 Å². The number of benzene rings is 1. The van der Waals surface area contributed by atoms with Crippen LogP contribution < -0.4 is 4.90 Å². The molecule has 1 aromatic carbocycles. The first-order valence-electron chi connectivity index (χ1n) is 7.47. The molecule has 140 valence electrons. The van der Waals surface area contributed by atoms with Gasteiger partial charge in [0.15, 0.2) is 0 Å². The Morgan fingerprint density at radius 3 is 2.56 bits per heavy atom. The summed E-state index contributed by atoms with van der Waals surface area (Å²) in [5, 5.41) is 11.1. The van der Waals surface area contributed by atoms with E-state index in [9.17, 15) is 32.5 Å². The minimum absolute atomic E-state index is 0.0588. The van der Waals surface area contributed by atoms with Gasteiger partial charge in [0.05, 0.1) is 22.0 Å². The molecule has 0 saturated heterocycles. The molecule has 0 spiro atoms. The average molecular weight is 382 g/mol. The average Bonchev–Trinajstić information content (AvgIpc) is 2.71. The third kappa shape index (κ3) is 3.76. The fourth-order valence-electron chi connectivity index (χ4n) is 2.60. The van der Waals surface area contributed by atoms with Crippen LogP contribution >= 0.6 is 0 Å². The maximum Gasteiger partial charge on any atom is 0.406 e. The van der Waals surface area contributed by atoms with Crippen molar-refractivity contribution in [1.82, 2.24) is 4.98 Å². The monoisotopic (exact) mass is 382 g/mol. The van der Waals surface area contributed by atoms with Crippen molar-refractivity contribution in [3.63, 3.8) is 0 Å². The molecule has 1 aliphatic heterocycles. The second kappa shape index (κ2) is 6.74. The largest absolute Gasteiger partial charge is 0.406 e. The molecule has 3 rings (SSSR count). The summed E-state index contributed by atoms with van der Waals surface area (Å²) in [5.74, 6) is -1.52. The maximum atomic E-state index is 14.3. The summed E-state index contributed by atoms with van der Waals surface area (Å²) in [6.07, 6.45) is -6.09. The van der Waals surface area contributed by atoms with Crippen molar-refractivity contribution in [1.29, 1.82) is 0 Å². The van der Waals surface area contributed by atoms with Gasteiger partial charge in [0, 0.05) is 23.9 Å². The van der Waals surface area contributed by atoms with E-state index in [4.69, 9.17) is 0 Å². The Kier molecular flexibility index (Phi) is 4.60. The molecule has 11 heteroatoms. The van der Waals surface area contributed by atoms with Gasteiger partial charge in [-0.1, -0.05) is 6.07 Å². The van der Waals surface area contributed by atoms with Crippen LogP contribution in [-0.2, 0) is 4.79 Å². The number of aliphatic imine (C=N–C) groups is 1. The molecule has 1 amide bonds. The molecule has 7 nitrogen and oxygen atoms in total. The van der Waals surface area contributed by atoms with Gasteiger partial charge in [-0.15, -0.1) is 0 Å². The number of benzodiazepines with no additional fused rings is 1. The lowest BCUT2D eigenvalue weighted by atomic mass is 10.0. The highest BCUT2D eigenvalue weighted by atomic mass is 19.4. The van der Waals surface area contributed by atoms with Crippen LogP contribution in [0.15, 0.2) is 47.6 Å². The number of halogens is 4. The number of hydrogen-bond donors (Lipinski definition) is 0. The van der Waals surface area contributed by atoms with Crippen molar-refractivity contribution >= 4 is 23.0 Å². The fourth-order valence-corrected chi connectivity index (χ4v) is 2.60. The number of fused-ring (bicyclic) bond motifs is 1. The lowest BCUT2D eigenvalue weighted by Crippen LogP contribution is -2.42. The van der Waals surface area contributed by atoms with Crippen LogP contribution in [0.3, 0.4) is 0 Å². The van der Waals surface area contributed by atoms with E-state index >= 15 is 0 Å². The van der Waals surface area contributed by atoms with E-state index in [0.29, 0.717) is 0 Å². The lowest BCUT2D eigenvalue weighted by Gasteiger charge is -2.24. The highest BCUT2D eigenvalue weighted by Crippen LogP contribution is 2.33. The molecule has 0 fully saturated rings. The first kappa shape index (κ1) is 18.4.